The Hall–Kier alpha value is -1.97. The number of nitrogens with zero attached hydrogens (tertiary/aromatic N) is 4. The Balaban J connectivity index is 2.40. The van der Waals surface area contributed by atoms with Crippen molar-refractivity contribution in [3.63, 3.8) is 0 Å². The van der Waals surface area contributed by atoms with Crippen LogP contribution >= 0.6 is 0 Å². The molecule has 0 radical (unpaired) electrons. The fourth-order valence-electron chi connectivity index (χ4n) is 0.628. The summed E-state index contributed by atoms with van der Waals surface area (Å²) in [5.41, 5.74) is 0. The molecule has 7 nitrogen and oxygen atoms in total. The Kier molecular flexibility index (Phi) is 2.92. The second-order valence-corrected chi connectivity index (χ2v) is 2.48. The van der Waals surface area contributed by atoms with E-state index in [1.165, 1.54) is 0 Å². The number of hydrogen-bond acceptors (Lipinski definition) is 5. The first-order valence-corrected chi connectivity index (χ1v) is 3.65. The number of H-pyrrole nitrogens is 1. The Morgan fingerprint density at radius 2 is 2.62 bits per heavy atom. The summed E-state index contributed by atoms with van der Waals surface area (Å²) in [6, 6.07) is 1.99. The second-order valence-electron chi connectivity index (χ2n) is 2.48. The molecule has 0 aliphatic rings. The zero-order chi connectivity index (χ0) is 9.68. The number of nitriles is 1. The molecule has 13 heavy (non-hydrogen) atoms. The second kappa shape index (κ2) is 4.15. The molecule has 0 spiro atoms. The first-order chi connectivity index (χ1) is 6.24. The van der Waals surface area contributed by atoms with Crippen molar-refractivity contribution >= 4 is 5.91 Å². The monoisotopic (exact) mass is 180 g/mol. The van der Waals surface area contributed by atoms with Gasteiger partial charge in [0.1, 0.15) is 0 Å². The van der Waals surface area contributed by atoms with Crippen molar-refractivity contribution in [3.8, 4) is 6.07 Å². The summed E-state index contributed by atoms with van der Waals surface area (Å²) in [7, 11) is 0. The topological polar surface area (TPSA) is 107 Å². The molecule has 1 aromatic rings. The fraction of sp³-hybridized carbons (Fsp3) is 0.500. The molecule has 1 heterocycles. The molecule has 68 valence electrons. The first kappa shape index (κ1) is 9.12. The molecule has 0 bridgehead atoms. The maximum atomic E-state index is 11.1. The number of amides is 1. The molecule has 7 heteroatoms. The lowest BCUT2D eigenvalue weighted by molar-refractivity contribution is 0.0940. The third-order valence-electron chi connectivity index (χ3n) is 1.34. The Morgan fingerprint density at radius 1 is 1.85 bits per heavy atom. The molecule has 0 aliphatic heterocycles. The van der Waals surface area contributed by atoms with Crippen molar-refractivity contribution in [2.45, 2.75) is 6.92 Å². The maximum absolute atomic E-state index is 11.1. The van der Waals surface area contributed by atoms with Crippen molar-refractivity contribution in [2.24, 2.45) is 5.92 Å². The molecule has 1 aromatic heterocycles. The number of carbonyl (C=O) groups is 1. The van der Waals surface area contributed by atoms with Gasteiger partial charge in [0.05, 0.1) is 12.0 Å². The summed E-state index contributed by atoms with van der Waals surface area (Å²) in [6.07, 6.45) is 0. The van der Waals surface area contributed by atoms with Crippen LogP contribution in [0.15, 0.2) is 0 Å². The lowest BCUT2D eigenvalue weighted by Gasteiger charge is -2.01. The predicted octanol–water partition coefficient (Wildman–Crippen LogP) is -0.911. The largest absolute Gasteiger partial charge is 0.348 e. The molecule has 1 rings (SSSR count). The highest BCUT2D eigenvalue weighted by atomic mass is 16.2. The molecule has 0 fully saturated rings. The van der Waals surface area contributed by atoms with E-state index in [4.69, 9.17) is 5.26 Å². The van der Waals surface area contributed by atoms with Crippen LogP contribution in [-0.2, 0) is 0 Å². The van der Waals surface area contributed by atoms with E-state index in [2.05, 4.69) is 25.9 Å². The number of rotatable bonds is 3. The van der Waals surface area contributed by atoms with Crippen LogP contribution < -0.4 is 5.32 Å². The van der Waals surface area contributed by atoms with Crippen LogP contribution in [0.2, 0.25) is 0 Å². The van der Waals surface area contributed by atoms with Gasteiger partial charge >= 0.3 is 0 Å². The van der Waals surface area contributed by atoms with E-state index < -0.39 is 5.91 Å². The van der Waals surface area contributed by atoms with Gasteiger partial charge in [-0.3, -0.25) is 4.79 Å². The van der Waals surface area contributed by atoms with Crippen molar-refractivity contribution < 1.29 is 4.79 Å². The molecule has 0 aliphatic carbocycles. The standard InChI is InChI=1S/C6H8N6O/c1-4(2-7)3-8-6(13)5-9-11-12-10-5/h4H,3H2,1H3,(H,8,13)(H,9,10,11,12). The Bertz CT molecular complexity index is 312. The van der Waals surface area contributed by atoms with Gasteiger partial charge in [0.25, 0.3) is 11.7 Å². The van der Waals surface area contributed by atoms with E-state index >= 15 is 0 Å². The van der Waals surface area contributed by atoms with E-state index in [-0.39, 0.29) is 18.3 Å². The molecule has 0 aromatic carbocycles. The van der Waals surface area contributed by atoms with Gasteiger partial charge in [-0.25, -0.2) is 0 Å². The Morgan fingerprint density at radius 3 is 3.15 bits per heavy atom. The number of carbonyl (C=O) groups excluding carboxylic acids is 1. The summed E-state index contributed by atoms with van der Waals surface area (Å²) in [5, 5.41) is 23.3. The van der Waals surface area contributed by atoms with Crippen LogP contribution in [0.1, 0.15) is 17.5 Å². The van der Waals surface area contributed by atoms with E-state index in [0.717, 1.165) is 0 Å². The maximum Gasteiger partial charge on any atom is 0.292 e. The molecule has 0 saturated carbocycles. The van der Waals surface area contributed by atoms with Gasteiger partial charge in [-0.1, -0.05) is 0 Å². The van der Waals surface area contributed by atoms with Crippen LogP contribution in [0.25, 0.3) is 0 Å². The number of tetrazole rings is 1. The predicted molar refractivity (Wildman–Crippen MR) is 41.3 cm³/mol. The van der Waals surface area contributed by atoms with Crippen molar-refractivity contribution in [1.29, 1.82) is 5.26 Å². The zero-order valence-corrected chi connectivity index (χ0v) is 6.98. The minimum Gasteiger partial charge on any atom is -0.348 e. The highest BCUT2D eigenvalue weighted by molar-refractivity contribution is 5.89. The van der Waals surface area contributed by atoms with Crippen LogP contribution in [0.5, 0.6) is 0 Å². The number of aromatic nitrogens is 4. The quantitative estimate of drug-likeness (QED) is 0.626. The lowest BCUT2D eigenvalue weighted by Crippen LogP contribution is -2.28. The molecule has 1 unspecified atom stereocenters. The fourth-order valence-corrected chi connectivity index (χ4v) is 0.628. The lowest BCUT2D eigenvalue weighted by atomic mass is 10.2. The van der Waals surface area contributed by atoms with Crippen LogP contribution in [0.4, 0.5) is 0 Å². The molecule has 0 saturated heterocycles. The molecule has 1 atom stereocenters. The van der Waals surface area contributed by atoms with Crippen LogP contribution in [0, 0.1) is 17.2 Å². The SMILES string of the molecule is CC(C#N)CNC(=O)c1nn[nH]n1. The van der Waals surface area contributed by atoms with Gasteiger partial charge in [0, 0.05) is 6.54 Å². The number of hydrogen-bond donors (Lipinski definition) is 2. The van der Waals surface area contributed by atoms with Gasteiger partial charge < -0.3 is 5.32 Å². The minimum atomic E-state index is -0.434. The van der Waals surface area contributed by atoms with Crippen molar-refractivity contribution in [1.82, 2.24) is 25.9 Å². The van der Waals surface area contributed by atoms with Crippen LogP contribution in [0.3, 0.4) is 0 Å². The zero-order valence-electron chi connectivity index (χ0n) is 6.98. The minimum absolute atomic E-state index is 0.0230. The van der Waals surface area contributed by atoms with Crippen molar-refractivity contribution in [2.75, 3.05) is 6.54 Å². The van der Waals surface area contributed by atoms with Crippen molar-refractivity contribution in [3.05, 3.63) is 5.82 Å². The summed E-state index contributed by atoms with van der Waals surface area (Å²) in [4.78, 5) is 11.1. The molecular formula is C6H8N6O. The smallest absolute Gasteiger partial charge is 0.292 e. The first-order valence-electron chi connectivity index (χ1n) is 3.65. The summed E-state index contributed by atoms with van der Waals surface area (Å²) < 4.78 is 0. The highest BCUT2D eigenvalue weighted by Gasteiger charge is 2.10. The molecule has 1 amide bonds. The van der Waals surface area contributed by atoms with Gasteiger partial charge in [0.2, 0.25) is 0 Å². The average molecular weight is 180 g/mol. The third kappa shape index (κ3) is 2.52. The van der Waals surface area contributed by atoms with Gasteiger partial charge in [-0.05, 0) is 12.1 Å². The summed E-state index contributed by atoms with van der Waals surface area (Å²) >= 11 is 0. The number of aromatic amines is 1. The van der Waals surface area contributed by atoms with E-state index in [9.17, 15) is 4.79 Å². The van der Waals surface area contributed by atoms with Gasteiger partial charge in [-0.15, -0.1) is 10.2 Å². The normalized spacial score (nSPS) is 11.7. The van der Waals surface area contributed by atoms with E-state index in [1.54, 1.807) is 6.92 Å². The third-order valence-corrected chi connectivity index (χ3v) is 1.34. The molecular weight excluding hydrogens is 172 g/mol. The average Bonchev–Trinajstić information content (AvgIpc) is 2.66. The van der Waals surface area contributed by atoms with Crippen LogP contribution in [-0.4, -0.2) is 33.1 Å². The van der Waals surface area contributed by atoms with E-state index in [1.807, 2.05) is 6.07 Å². The number of nitrogens with one attached hydrogen (secondary N) is 2. The Labute approximate surface area is 74.1 Å². The van der Waals surface area contributed by atoms with Gasteiger partial charge in [-0.2, -0.15) is 10.5 Å². The van der Waals surface area contributed by atoms with Gasteiger partial charge in [0.15, 0.2) is 0 Å². The summed E-state index contributed by atoms with van der Waals surface area (Å²) in [6.45, 7) is 1.99. The van der Waals surface area contributed by atoms with E-state index in [0.29, 0.717) is 0 Å². The summed E-state index contributed by atoms with van der Waals surface area (Å²) in [5.74, 6) is -0.683. The molecule has 2 N–H and O–H groups in total. The highest BCUT2D eigenvalue weighted by Crippen LogP contribution is 1.89.